The van der Waals surface area contributed by atoms with Crippen LogP contribution in [0.25, 0.3) is 0 Å². The van der Waals surface area contributed by atoms with Crippen molar-refractivity contribution in [2.45, 2.75) is 83.2 Å². The third-order valence-corrected chi connectivity index (χ3v) is 3.83. The van der Waals surface area contributed by atoms with Crippen LogP contribution in [0.1, 0.15) is 71.1 Å². The predicted molar refractivity (Wildman–Crippen MR) is 78.7 cm³/mol. The summed E-state index contributed by atoms with van der Waals surface area (Å²) in [6.07, 6.45) is 9.75. The number of carbonyl (C=O) groups excluding carboxylic acids is 1. The van der Waals surface area contributed by atoms with Crippen LogP contribution in [0.2, 0.25) is 0 Å². The second-order valence-electron chi connectivity index (χ2n) is 5.74. The zero-order chi connectivity index (χ0) is 14.8. The summed E-state index contributed by atoms with van der Waals surface area (Å²) in [6, 6.07) is -0.247. The van der Waals surface area contributed by atoms with Crippen molar-refractivity contribution in [3.8, 4) is 0 Å². The lowest BCUT2D eigenvalue weighted by atomic mass is 9.97. The normalized spacial score (nSPS) is 18.6. The number of rotatable bonds is 6. The van der Waals surface area contributed by atoms with E-state index >= 15 is 0 Å². The zero-order valence-corrected chi connectivity index (χ0v) is 12.5. The number of carboxylic acid groups (broad SMARTS) is 1. The number of nitrogens with one attached hydrogen (secondary N) is 2. The smallest absolute Gasteiger partial charge is 0.315 e. The van der Waals surface area contributed by atoms with Gasteiger partial charge in [-0.05, 0) is 19.3 Å². The maximum absolute atomic E-state index is 12.0. The summed E-state index contributed by atoms with van der Waals surface area (Å²) in [5.41, 5.74) is 0. The lowest BCUT2D eigenvalue weighted by Crippen LogP contribution is -2.47. The Hall–Kier alpha value is -1.26. The average Bonchev–Trinajstić information content (AvgIpc) is 2.31. The molecule has 1 unspecified atom stereocenters. The molecule has 116 valence electrons. The van der Waals surface area contributed by atoms with Crippen LogP contribution in [0, 0.1) is 0 Å². The summed E-state index contributed by atoms with van der Waals surface area (Å²) >= 11 is 0. The fourth-order valence-corrected chi connectivity index (χ4v) is 2.80. The third kappa shape index (κ3) is 7.36. The van der Waals surface area contributed by atoms with Gasteiger partial charge >= 0.3 is 12.0 Å². The number of urea groups is 1. The molecule has 1 saturated carbocycles. The highest BCUT2D eigenvalue weighted by atomic mass is 16.4. The van der Waals surface area contributed by atoms with Crippen LogP contribution in [0.4, 0.5) is 4.79 Å². The van der Waals surface area contributed by atoms with Crippen LogP contribution < -0.4 is 10.6 Å². The number of hydrogen-bond donors (Lipinski definition) is 3. The van der Waals surface area contributed by atoms with E-state index in [0.717, 1.165) is 19.3 Å². The minimum Gasteiger partial charge on any atom is -0.481 e. The second-order valence-corrected chi connectivity index (χ2v) is 5.74. The molecule has 0 aromatic heterocycles. The van der Waals surface area contributed by atoms with E-state index in [0.29, 0.717) is 6.42 Å². The molecule has 1 aliphatic carbocycles. The van der Waals surface area contributed by atoms with E-state index in [1.54, 1.807) is 0 Å². The number of carboxylic acids is 1. The van der Waals surface area contributed by atoms with Crippen LogP contribution in [-0.4, -0.2) is 29.2 Å². The van der Waals surface area contributed by atoms with E-state index in [4.69, 9.17) is 5.11 Å². The molecule has 0 saturated heterocycles. The Morgan fingerprint density at radius 2 is 1.75 bits per heavy atom. The van der Waals surface area contributed by atoms with Gasteiger partial charge in [-0.1, -0.05) is 45.4 Å². The number of amides is 2. The molecule has 1 atom stereocenters. The van der Waals surface area contributed by atoms with Crippen molar-refractivity contribution in [2.24, 2.45) is 0 Å². The van der Waals surface area contributed by atoms with E-state index in [1.165, 1.54) is 32.1 Å². The summed E-state index contributed by atoms with van der Waals surface area (Å²) in [4.78, 5) is 22.7. The summed E-state index contributed by atoms with van der Waals surface area (Å²) in [5, 5.41) is 14.6. The van der Waals surface area contributed by atoms with Gasteiger partial charge in [0, 0.05) is 12.1 Å². The van der Waals surface area contributed by atoms with E-state index in [-0.39, 0.29) is 24.5 Å². The summed E-state index contributed by atoms with van der Waals surface area (Å²) in [7, 11) is 0. The molecule has 5 nitrogen and oxygen atoms in total. The van der Waals surface area contributed by atoms with Crippen molar-refractivity contribution >= 4 is 12.0 Å². The molecule has 0 aromatic carbocycles. The Morgan fingerprint density at radius 1 is 1.15 bits per heavy atom. The summed E-state index contributed by atoms with van der Waals surface area (Å²) < 4.78 is 0. The molecule has 0 spiro atoms. The molecule has 0 aromatic rings. The van der Waals surface area contributed by atoms with Crippen molar-refractivity contribution in [1.29, 1.82) is 0 Å². The minimum atomic E-state index is -0.866. The van der Waals surface area contributed by atoms with Crippen molar-refractivity contribution in [2.75, 3.05) is 0 Å². The first-order valence-electron chi connectivity index (χ1n) is 7.90. The van der Waals surface area contributed by atoms with Gasteiger partial charge in [-0.2, -0.15) is 0 Å². The van der Waals surface area contributed by atoms with Gasteiger partial charge in [-0.25, -0.2) is 4.79 Å². The Labute approximate surface area is 121 Å². The summed E-state index contributed by atoms with van der Waals surface area (Å²) in [5.74, 6) is -0.866. The summed E-state index contributed by atoms with van der Waals surface area (Å²) in [6.45, 7) is 1.99. The number of carbonyl (C=O) groups is 2. The fourth-order valence-electron chi connectivity index (χ4n) is 2.80. The maximum atomic E-state index is 12.0. The molecule has 5 heteroatoms. The third-order valence-electron chi connectivity index (χ3n) is 3.83. The fraction of sp³-hybridized carbons (Fsp3) is 0.867. The first kappa shape index (κ1) is 16.8. The second kappa shape index (κ2) is 9.61. The van der Waals surface area contributed by atoms with Crippen molar-refractivity contribution in [3.05, 3.63) is 0 Å². The van der Waals surface area contributed by atoms with Crippen LogP contribution in [-0.2, 0) is 4.79 Å². The highest BCUT2D eigenvalue weighted by Gasteiger charge is 2.18. The molecule has 0 bridgehead atoms. The van der Waals surface area contributed by atoms with E-state index in [1.807, 2.05) is 6.92 Å². The van der Waals surface area contributed by atoms with Gasteiger partial charge in [0.05, 0.1) is 6.42 Å². The maximum Gasteiger partial charge on any atom is 0.315 e. The quantitative estimate of drug-likeness (QED) is 0.701. The average molecular weight is 284 g/mol. The molecule has 20 heavy (non-hydrogen) atoms. The van der Waals surface area contributed by atoms with E-state index < -0.39 is 5.97 Å². The first-order chi connectivity index (χ1) is 9.61. The number of hydrogen-bond acceptors (Lipinski definition) is 2. The van der Waals surface area contributed by atoms with E-state index in [2.05, 4.69) is 10.6 Å². The molecular weight excluding hydrogens is 256 g/mol. The Morgan fingerprint density at radius 3 is 2.30 bits per heavy atom. The Bertz CT molecular complexity index is 299. The van der Waals surface area contributed by atoms with Crippen molar-refractivity contribution < 1.29 is 14.7 Å². The van der Waals surface area contributed by atoms with Crippen molar-refractivity contribution in [1.82, 2.24) is 10.6 Å². The molecular formula is C15H28N2O3. The topological polar surface area (TPSA) is 78.4 Å². The Balaban J connectivity index is 2.36. The lowest BCUT2D eigenvalue weighted by molar-refractivity contribution is -0.137. The van der Waals surface area contributed by atoms with Gasteiger partial charge in [0.15, 0.2) is 0 Å². The molecule has 0 aliphatic heterocycles. The van der Waals surface area contributed by atoms with Crippen LogP contribution in [0.3, 0.4) is 0 Å². The van der Waals surface area contributed by atoms with E-state index in [9.17, 15) is 9.59 Å². The molecule has 3 N–H and O–H groups in total. The van der Waals surface area contributed by atoms with Gasteiger partial charge in [0.2, 0.25) is 0 Å². The largest absolute Gasteiger partial charge is 0.481 e. The number of aliphatic carboxylic acids is 1. The predicted octanol–water partition coefficient (Wildman–Crippen LogP) is 3.04. The molecule has 0 radical (unpaired) electrons. The van der Waals surface area contributed by atoms with Gasteiger partial charge in [-0.15, -0.1) is 0 Å². The standard InChI is InChI=1S/C15H28N2O3/c1-2-8-13(11-14(18)19)17-15(20)16-12-9-6-4-3-5-7-10-12/h12-13H,2-11H2,1H3,(H,18,19)(H2,16,17,20). The monoisotopic (exact) mass is 284 g/mol. The highest BCUT2D eigenvalue weighted by Crippen LogP contribution is 2.17. The molecule has 0 heterocycles. The van der Waals surface area contributed by atoms with Gasteiger partial charge in [0.25, 0.3) is 0 Å². The molecule has 1 aliphatic rings. The molecule has 1 fully saturated rings. The highest BCUT2D eigenvalue weighted by molar-refractivity contribution is 5.76. The van der Waals surface area contributed by atoms with Gasteiger partial charge in [0.1, 0.15) is 0 Å². The molecule has 2 amide bonds. The molecule has 1 rings (SSSR count). The lowest BCUT2D eigenvalue weighted by Gasteiger charge is -2.23. The zero-order valence-electron chi connectivity index (χ0n) is 12.5. The first-order valence-corrected chi connectivity index (χ1v) is 7.90. The van der Waals surface area contributed by atoms with Crippen molar-refractivity contribution in [3.63, 3.8) is 0 Å². The van der Waals surface area contributed by atoms with Gasteiger partial charge in [-0.3, -0.25) is 4.79 Å². The minimum absolute atomic E-state index is 0.00801. The van der Waals surface area contributed by atoms with Gasteiger partial charge < -0.3 is 15.7 Å². The van der Waals surface area contributed by atoms with Crippen LogP contribution in [0.15, 0.2) is 0 Å². The SMILES string of the molecule is CCCC(CC(=O)O)NC(=O)NC1CCCCCCC1. The Kier molecular flexibility index (Phi) is 8.07. The van der Waals surface area contributed by atoms with Crippen LogP contribution >= 0.6 is 0 Å². The van der Waals surface area contributed by atoms with Crippen LogP contribution in [0.5, 0.6) is 0 Å².